The van der Waals surface area contributed by atoms with E-state index in [1.165, 1.54) is 31.9 Å². The number of anilines is 1. The van der Waals surface area contributed by atoms with Crippen LogP contribution in [0.25, 0.3) is 0 Å². The zero-order valence-corrected chi connectivity index (χ0v) is 8.52. The Morgan fingerprint density at radius 1 is 1.60 bits per heavy atom. The molecule has 0 atom stereocenters. The highest BCUT2D eigenvalue weighted by molar-refractivity contribution is 5.92. The van der Waals surface area contributed by atoms with Crippen LogP contribution in [0.2, 0.25) is 0 Å². The Bertz CT molecular complexity index is 367. The predicted molar refractivity (Wildman–Crippen MR) is 55.6 cm³/mol. The number of carbonyl (C=O) groups is 1. The van der Waals surface area contributed by atoms with Gasteiger partial charge in [0.15, 0.2) is 5.82 Å². The first kappa shape index (κ1) is 10.0. The van der Waals surface area contributed by atoms with Gasteiger partial charge in [-0.15, -0.1) is 0 Å². The molecule has 5 heteroatoms. The minimum atomic E-state index is -1.01. The second-order valence-electron chi connectivity index (χ2n) is 4.11. The molecule has 0 radical (unpaired) electrons. The Hall–Kier alpha value is -1.52. The average molecular weight is 209 g/mol. The van der Waals surface area contributed by atoms with E-state index < -0.39 is 5.97 Å². The number of nitrogens with two attached hydrogens (primary N) is 1. The van der Waals surface area contributed by atoms with Crippen molar-refractivity contribution in [3.05, 3.63) is 11.8 Å². The van der Waals surface area contributed by atoms with Crippen molar-refractivity contribution < 1.29 is 9.90 Å². The molecule has 1 aliphatic rings. The van der Waals surface area contributed by atoms with Crippen LogP contribution in [-0.2, 0) is 6.54 Å². The summed E-state index contributed by atoms with van der Waals surface area (Å²) in [6, 6.07) is 0. The topological polar surface area (TPSA) is 81.1 Å². The molecule has 2 rings (SSSR count). The molecule has 5 nitrogen and oxygen atoms in total. The van der Waals surface area contributed by atoms with Gasteiger partial charge in [0.2, 0.25) is 0 Å². The number of nitrogens with zero attached hydrogens (tertiary/aromatic N) is 2. The summed E-state index contributed by atoms with van der Waals surface area (Å²) in [5.74, 6) is -0.267. The van der Waals surface area contributed by atoms with Gasteiger partial charge in [-0.05, 0) is 18.8 Å². The lowest BCUT2D eigenvalue weighted by Crippen LogP contribution is -2.08. The first-order valence-electron chi connectivity index (χ1n) is 5.23. The molecule has 0 aromatic carbocycles. The van der Waals surface area contributed by atoms with Crippen LogP contribution in [-0.4, -0.2) is 20.9 Å². The fraction of sp³-hybridized carbons (Fsp3) is 0.600. The number of nitrogen functional groups attached to an aromatic ring is 1. The van der Waals surface area contributed by atoms with Crippen LogP contribution < -0.4 is 5.73 Å². The van der Waals surface area contributed by atoms with Crippen molar-refractivity contribution >= 4 is 11.8 Å². The molecule has 0 bridgehead atoms. The van der Waals surface area contributed by atoms with Gasteiger partial charge in [-0.2, -0.15) is 5.10 Å². The van der Waals surface area contributed by atoms with Gasteiger partial charge in [-0.3, -0.25) is 4.68 Å². The highest BCUT2D eigenvalue weighted by Crippen LogP contribution is 2.26. The lowest BCUT2D eigenvalue weighted by atomic mass is 10.1. The normalized spacial score (nSPS) is 17.1. The highest BCUT2D eigenvalue weighted by atomic mass is 16.4. The summed E-state index contributed by atoms with van der Waals surface area (Å²) in [5, 5.41) is 12.8. The fourth-order valence-electron chi connectivity index (χ4n) is 2.15. The highest BCUT2D eigenvalue weighted by Gasteiger charge is 2.18. The van der Waals surface area contributed by atoms with Crippen LogP contribution in [0.3, 0.4) is 0 Å². The van der Waals surface area contributed by atoms with Crippen molar-refractivity contribution in [1.29, 1.82) is 0 Å². The second kappa shape index (κ2) is 3.92. The summed E-state index contributed by atoms with van der Waals surface area (Å²) in [5.41, 5.74) is 5.61. The van der Waals surface area contributed by atoms with E-state index >= 15 is 0 Å². The van der Waals surface area contributed by atoms with E-state index in [-0.39, 0.29) is 11.4 Å². The van der Waals surface area contributed by atoms with Crippen LogP contribution in [0.15, 0.2) is 6.20 Å². The summed E-state index contributed by atoms with van der Waals surface area (Å²) >= 11 is 0. The lowest BCUT2D eigenvalue weighted by molar-refractivity contribution is 0.0698. The molecule has 0 saturated heterocycles. The van der Waals surface area contributed by atoms with E-state index in [0.29, 0.717) is 5.92 Å². The number of carboxylic acid groups (broad SMARTS) is 1. The zero-order chi connectivity index (χ0) is 10.8. The summed E-state index contributed by atoms with van der Waals surface area (Å²) in [6.45, 7) is 0.789. The summed E-state index contributed by atoms with van der Waals surface area (Å²) in [6.07, 6.45) is 6.49. The van der Waals surface area contributed by atoms with Crippen LogP contribution in [0.5, 0.6) is 0 Å². The molecule has 1 heterocycles. The maximum Gasteiger partial charge on any atom is 0.341 e. The van der Waals surface area contributed by atoms with Crippen molar-refractivity contribution in [2.24, 2.45) is 5.92 Å². The number of hydrogen-bond donors (Lipinski definition) is 2. The van der Waals surface area contributed by atoms with Crippen molar-refractivity contribution in [1.82, 2.24) is 9.78 Å². The molecule has 1 aliphatic carbocycles. The first-order valence-corrected chi connectivity index (χ1v) is 5.23. The standard InChI is InChI=1S/C10H15N3O2/c11-9-8(10(14)15)6-13(12-9)5-7-3-1-2-4-7/h6-7H,1-5H2,(H2,11,12)(H,14,15). The van der Waals surface area contributed by atoms with Gasteiger partial charge in [0.05, 0.1) is 0 Å². The molecular weight excluding hydrogens is 194 g/mol. The van der Waals surface area contributed by atoms with Crippen molar-refractivity contribution in [3.63, 3.8) is 0 Å². The SMILES string of the molecule is Nc1nn(CC2CCCC2)cc1C(=O)O. The van der Waals surface area contributed by atoms with Crippen molar-refractivity contribution in [2.45, 2.75) is 32.2 Å². The van der Waals surface area contributed by atoms with Crippen molar-refractivity contribution in [2.75, 3.05) is 5.73 Å². The summed E-state index contributed by atoms with van der Waals surface area (Å²) in [4.78, 5) is 10.7. The number of aromatic carboxylic acids is 1. The van der Waals surface area contributed by atoms with Gasteiger partial charge in [0.25, 0.3) is 0 Å². The Morgan fingerprint density at radius 2 is 2.27 bits per heavy atom. The van der Waals surface area contributed by atoms with E-state index in [9.17, 15) is 4.79 Å². The molecule has 3 N–H and O–H groups in total. The summed E-state index contributed by atoms with van der Waals surface area (Å²) in [7, 11) is 0. The lowest BCUT2D eigenvalue weighted by Gasteiger charge is -2.07. The second-order valence-corrected chi connectivity index (χ2v) is 4.11. The Labute approximate surface area is 87.9 Å². The van der Waals surface area contributed by atoms with Gasteiger partial charge in [0, 0.05) is 12.7 Å². The Balaban J connectivity index is 2.08. The molecule has 1 saturated carbocycles. The van der Waals surface area contributed by atoms with E-state index in [2.05, 4.69) is 5.10 Å². The maximum atomic E-state index is 10.7. The Morgan fingerprint density at radius 3 is 2.80 bits per heavy atom. The van der Waals surface area contributed by atoms with Gasteiger partial charge < -0.3 is 10.8 Å². The quantitative estimate of drug-likeness (QED) is 0.787. The number of hydrogen-bond acceptors (Lipinski definition) is 3. The average Bonchev–Trinajstić information content (AvgIpc) is 2.75. The van der Waals surface area contributed by atoms with Gasteiger partial charge >= 0.3 is 5.97 Å². The molecule has 0 unspecified atom stereocenters. The first-order chi connectivity index (χ1) is 7.16. The van der Waals surface area contributed by atoms with Gasteiger partial charge in [-0.25, -0.2) is 4.79 Å². The van der Waals surface area contributed by atoms with E-state index in [0.717, 1.165) is 6.54 Å². The van der Waals surface area contributed by atoms with Crippen LogP contribution in [0, 0.1) is 5.92 Å². The molecule has 0 amide bonds. The Kier molecular flexibility index (Phi) is 2.62. The summed E-state index contributed by atoms with van der Waals surface area (Å²) < 4.78 is 1.66. The molecule has 1 aromatic heterocycles. The molecule has 1 fully saturated rings. The molecule has 1 aromatic rings. The largest absolute Gasteiger partial charge is 0.477 e. The van der Waals surface area contributed by atoms with Gasteiger partial charge in [-0.1, -0.05) is 12.8 Å². The number of carboxylic acids is 1. The third-order valence-corrected chi connectivity index (χ3v) is 2.94. The molecular formula is C10H15N3O2. The number of rotatable bonds is 3. The molecule has 0 aliphatic heterocycles. The maximum absolute atomic E-state index is 10.7. The van der Waals surface area contributed by atoms with Crippen LogP contribution >= 0.6 is 0 Å². The van der Waals surface area contributed by atoms with E-state index in [1.54, 1.807) is 4.68 Å². The zero-order valence-electron chi connectivity index (χ0n) is 8.52. The minimum absolute atomic E-state index is 0.105. The molecule has 15 heavy (non-hydrogen) atoms. The smallest absolute Gasteiger partial charge is 0.341 e. The van der Waals surface area contributed by atoms with E-state index in [4.69, 9.17) is 10.8 Å². The van der Waals surface area contributed by atoms with Crippen LogP contribution in [0.4, 0.5) is 5.82 Å². The minimum Gasteiger partial charge on any atom is -0.477 e. The van der Waals surface area contributed by atoms with E-state index in [1.807, 2.05) is 0 Å². The fourth-order valence-corrected chi connectivity index (χ4v) is 2.15. The van der Waals surface area contributed by atoms with Gasteiger partial charge in [0.1, 0.15) is 5.56 Å². The number of aromatic nitrogens is 2. The predicted octanol–water partition coefficient (Wildman–Crippen LogP) is 1.35. The molecule has 0 spiro atoms. The van der Waals surface area contributed by atoms with Crippen molar-refractivity contribution in [3.8, 4) is 0 Å². The third-order valence-electron chi connectivity index (χ3n) is 2.94. The monoisotopic (exact) mass is 209 g/mol. The third kappa shape index (κ3) is 2.11. The molecule has 82 valence electrons. The van der Waals surface area contributed by atoms with Crippen LogP contribution in [0.1, 0.15) is 36.0 Å².